The molecule has 0 saturated heterocycles. The fourth-order valence-electron chi connectivity index (χ4n) is 5.30. The van der Waals surface area contributed by atoms with Crippen molar-refractivity contribution >= 4 is 46.4 Å². The second kappa shape index (κ2) is 12.3. The molecule has 0 fully saturated rings. The predicted octanol–water partition coefficient (Wildman–Crippen LogP) is 6.27. The number of carbonyl (C=O) groups excluding carboxylic acids is 4. The first-order valence-electron chi connectivity index (χ1n) is 14.6. The summed E-state index contributed by atoms with van der Waals surface area (Å²) in [5.41, 5.74) is 0.287. The van der Waals surface area contributed by atoms with Gasteiger partial charge in [-0.1, -0.05) is 26.0 Å². The third-order valence-electron chi connectivity index (χ3n) is 8.01. The zero-order valence-electron chi connectivity index (χ0n) is 25.8. The lowest BCUT2D eigenvalue weighted by molar-refractivity contribution is -0.385. The maximum atomic E-state index is 12.8. The van der Waals surface area contributed by atoms with Crippen LogP contribution in [0.2, 0.25) is 0 Å². The molecule has 2 heterocycles. The smallest absolute Gasteiger partial charge is 0.269 e. The van der Waals surface area contributed by atoms with E-state index in [0.717, 1.165) is 34.1 Å². The largest absolute Gasteiger partial charge is 0.455 e. The van der Waals surface area contributed by atoms with Gasteiger partial charge in [-0.2, -0.15) is 0 Å². The topological polar surface area (TPSA) is 180 Å². The fourth-order valence-corrected chi connectivity index (χ4v) is 5.30. The molecule has 0 bridgehead atoms. The van der Waals surface area contributed by atoms with Gasteiger partial charge in [-0.15, -0.1) is 0 Å². The molecular formula is C35H24N4O10. The second-order valence-corrected chi connectivity index (χ2v) is 11.4. The van der Waals surface area contributed by atoms with Crippen LogP contribution < -0.4 is 19.3 Å². The van der Waals surface area contributed by atoms with Gasteiger partial charge < -0.3 is 9.47 Å². The highest BCUT2D eigenvalue weighted by Crippen LogP contribution is 2.43. The van der Waals surface area contributed by atoms with Crippen molar-refractivity contribution in [2.75, 3.05) is 9.80 Å². The minimum absolute atomic E-state index is 0.122. The highest BCUT2D eigenvalue weighted by molar-refractivity contribution is 6.29. The Labute approximate surface area is 277 Å². The number of nitro benzene ring substituents is 2. The predicted molar refractivity (Wildman–Crippen MR) is 175 cm³/mol. The molecule has 0 aromatic heterocycles. The van der Waals surface area contributed by atoms with Gasteiger partial charge in [0.2, 0.25) is 0 Å². The molecule has 0 unspecified atom stereocenters. The molecule has 14 heteroatoms. The SMILES string of the molecule is CC(C)(c1ccc(Oc2ccc([N+](=O)[O-])cc2)c(N2C(=O)C=CC2=O)c1)c1ccc(Oc2ccc([N+](=O)[O-])cc2)c(N2C(=O)C=CC2=O)c1. The van der Waals surface area contributed by atoms with Crippen LogP contribution in [0.3, 0.4) is 0 Å². The number of benzene rings is 4. The van der Waals surface area contributed by atoms with Gasteiger partial charge in [-0.3, -0.25) is 39.4 Å². The quantitative estimate of drug-likeness (QED) is 0.107. The average Bonchev–Trinajstić information content (AvgIpc) is 3.60. The first-order valence-corrected chi connectivity index (χ1v) is 14.6. The summed E-state index contributed by atoms with van der Waals surface area (Å²) in [5, 5.41) is 22.2. The minimum Gasteiger partial charge on any atom is -0.455 e. The van der Waals surface area contributed by atoms with Gasteiger partial charge in [0.1, 0.15) is 11.5 Å². The summed E-state index contributed by atoms with van der Waals surface area (Å²) in [4.78, 5) is 74.2. The van der Waals surface area contributed by atoms with Crippen molar-refractivity contribution in [2.24, 2.45) is 0 Å². The third-order valence-corrected chi connectivity index (χ3v) is 8.01. The Morgan fingerprint density at radius 2 is 0.857 bits per heavy atom. The fraction of sp³-hybridized carbons (Fsp3) is 0.0857. The van der Waals surface area contributed by atoms with Gasteiger partial charge in [0, 0.05) is 54.0 Å². The minimum atomic E-state index is -0.889. The Morgan fingerprint density at radius 3 is 1.16 bits per heavy atom. The van der Waals surface area contributed by atoms with E-state index < -0.39 is 38.9 Å². The van der Waals surface area contributed by atoms with Crippen molar-refractivity contribution in [1.82, 2.24) is 0 Å². The zero-order valence-corrected chi connectivity index (χ0v) is 25.8. The summed E-state index contributed by atoms with van der Waals surface area (Å²) < 4.78 is 12.0. The van der Waals surface area contributed by atoms with Crippen molar-refractivity contribution in [3.05, 3.63) is 141 Å². The Balaban J connectivity index is 1.40. The van der Waals surface area contributed by atoms with E-state index >= 15 is 0 Å². The van der Waals surface area contributed by atoms with E-state index in [-0.39, 0.29) is 45.7 Å². The van der Waals surface area contributed by atoms with E-state index in [0.29, 0.717) is 11.1 Å². The van der Waals surface area contributed by atoms with Crippen molar-refractivity contribution in [2.45, 2.75) is 19.3 Å². The summed E-state index contributed by atoms with van der Waals surface area (Å²) >= 11 is 0. The number of rotatable bonds is 10. The standard InChI is InChI=1S/C35H24N4O10/c1-35(2,21-3-13-29(27(19-21)36-31(40)15-16-32(36)41)48-25-9-5-23(6-10-25)38(44)45)22-4-14-30(28(20-22)37-33(42)17-18-34(37)43)49-26-11-7-24(8-12-26)39(46)47/h3-20H,1-2H3. The van der Waals surface area contributed by atoms with Gasteiger partial charge in [0.05, 0.1) is 21.2 Å². The number of amides is 4. The molecule has 4 aromatic carbocycles. The Bertz CT molecular complexity index is 1950. The molecule has 0 N–H and O–H groups in total. The highest BCUT2D eigenvalue weighted by Gasteiger charge is 2.34. The molecule has 0 atom stereocenters. The second-order valence-electron chi connectivity index (χ2n) is 11.4. The monoisotopic (exact) mass is 660 g/mol. The summed E-state index contributed by atoms with van der Waals surface area (Å²) in [6.07, 6.45) is 4.52. The van der Waals surface area contributed by atoms with Crippen LogP contribution in [0.4, 0.5) is 22.7 Å². The molecule has 6 rings (SSSR count). The maximum absolute atomic E-state index is 12.8. The number of hydrogen-bond donors (Lipinski definition) is 0. The van der Waals surface area contributed by atoms with Crippen molar-refractivity contribution in [3.8, 4) is 23.0 Å². The lowest BCUT2D eigenvalue weighted by atomic mass is 9.77. The Morgan fingerprint density at radius 1 is 0.531 bits per heavy atom. The number of imide groups is 2. The first-order chi connectivity index (χ1) is 23.3. The van der Waals surface area contributed by atoms with Crippen molar-refractivity contribution in [1.29, 1.82) is 0 Å². The molecule has 2 aliphatic heterocycles. The van der Waals surface area contributed by atoms with Crippen LogP contribution in [0.1, 0.15) is 25.0 Å². The molecule has 0 spiro atoms. The highest BCUT2D eigenvalue weighted by atomic mass is 16.6. The number of anilines is 2. The number of hydrogen-bond acceptors (Lipinski definition) is 10. The van der Waals surface area contributed by atoms with E-state index in [9.17, 15) is 39.4 Å². The van der Waals surface area contributed by atoms with E-state index in [4.69, 9.17) is 9.47 Å². The molecule has 0 radical (unpaired) electrons. The first kappa shape index (κ1) is 32.0. The summed E-state index contributed by atoms with van der Waals surface area (Å²) in [5.74, 6) is -1.66. The van der Waals surface area contributed by atoms with E-state index in [1.54, 1.807) is 36.4 Å². The number of ether oxygens (including phenoxy) is 2. The molecule has 244 valence electrons. The molecule has 4 aromatic rings. The van der Waals surface area contributed by atoms with Crippen molar-refractivity contribution < 1.29 is 38.5 Å². The van der Waals surface area contributed by atoms with Crippen LogP contribution in [0, 0.1) is 20.2 Å². The zero-order chi connectivity index (χ0) is 35.0. The van der Waals surface area contributed by atoms with Crippen LogP contribution in [0.5, 0.6) is 23.0 Å². The average molecular weight is 661 g/mol. The summed E-state index contributed by atoms with van der Waals surface area (Å²) in [6, 6.07) is 20.4. The van der Waals surface area contributed by atoms with Crippen LogP contribution >= 0.6 is 0 Å². The van der Waals surface area contributed by atoms with E-state index in [2.05, 4.69) is 0 Å². The van der Waals surface area contributed by atoms with Crippen LogP contribution in [-0.4, -0.2) is 33.5 Å². The van der Waals surface area contributed by atoms with Gasteiger partial charge >= 0.3 is 0 Å². The Kier molecular flexibility index (Phi) is 8.05. The lowest BCUT2D eigenvalue weighted by Crippen LogP contribution is -2.31. The molecule has 0 saturated carbocycles. The lowest BCUT2D eigenvalue weighted by Gasteiger charge is -2.30. The number of nitro groups is 2. The van der Waals surface area contributed by atoms with Crippen LogP contribution in [0.25, 0.3) is 0 Å². The third kappa shape index (κ3) is 6.13. The molecule has 49 heavy (non-hydrogen) atoms. The van der Waals surface area contributed by atoms with Gasteiger partial charge in [0.15, 0.2) is 11.5 Å². The molecule has 14 nitrogen and oxygen atoms in total. The van der Waals surface area contributed by atoms with Gasteiger partial charge in [-0.05, 0) is 59.7 Å². The van der Waals surface area contributed by atoms with Crippen molar-refractivity contribution in [3.63, 3.8) is 0 Å². The van der Waals surface area contributed by atoms with E-state index in [1.807, 2.05) is 13.8 Å². The summed E-state index contributed by atoms with van der Waals surface area (Å²) in [6.45, 7) is 3.72. The molecule has 4 amide bonds. The summed E-state index contributed by atoms with van der Waals surface area (Å²) in [7, 11) is 0. The molecule has 0 aliphatic carbocycles. The number of carbonyl (C=O) groups is 4. The van der Waals surface area contributed by atoms with Crippen LogP contribution in [-0.2, 0) is 24.6 Å². The molecular weight excluding hydrogens is 636 g/mol. The van der Waals surface area contributed by atoms with Gasteiger partial charge in [0.25, 0.3) is 35.0 Å². The number of non-ortho nitro benzene ring substituents is 2. The molecule has 2 aliphatic rings. The van der Waals surface area contributed by atoms with E-state index in [1.165, 1.54) is 48.5 Å². The van der Waals surface area contributed by atoms with Gasteiger partial charge in [-0.25, -0.2) is 9.80 Å². The Hall–Kier alpha value is -6.96. The maximum Gasteiger partial charge on any atom is 0.269 e. The van der Waals surface area contributed by atoms with Crippen LogP contribution in [0.15, 0.2) is 109 Å². The normalized spacial score (nSPS) is 14.2. The number of nitrogens with zero attached hydrogens (tertiary/aromatic N) is 4.